The van der Waals surface area contributed by atoms with Gasteiger partial charge in [0.05, 0.1) is 24.4 Å². The maximum Gasteiger partial charge on any atom is 0.230 e. The number of hydrogen-bond acceptors (Lipinski definition) is 8. The molecule has 1 aliphatic heterocycles. The molecule has 2 aliphatic rings. The third-order valence-electron chi connectivity index (χ3n) is 5.23. The molecule has 0 saturated carbocycles. The molecule has 2 aromatic heterocycles. The third kappa shape index (κ3) is 4.76. The normalized spacial score (nSPS) is 17.6. The number of nitrogens with two attached hydrogens (primary N) is 1. The van der Waals surface area contributed by atoms with E-state index in [1.165, 1.54) is 35.0 Å². The second-order valence-corrected chi connectivity index (χ2v) is 9.25. The molecule has 1 amide bonds. The van der Waals surface area contributed by atoms with Crippen LogP contribution in [0.25, 0.3) is 10.2 Å². The fraction of sp³-hybridized carbons (Fsp3) is 0.632. The van der Waals surface area contributed by atoms with Gasteiger partial charge in [-0.05, 0) is 44.2 Å². The minimum Gasteiger partial charge on any atom is -0.383 e. The quantitative estimate of drug-likeness (QED) is 0.402. The van der Waals surface area contributed by atoms with Crippen molar-refractivity contribution in [1.29, 1.82) is 0 Å². The summed E-state index contributed by atoms with van der Waals surface area (Å²) in [6, 6.07) is 0. The molecule has 1 fully saturated rings. The Labute approximate surface area is 173 Å². The molecular weight excluding hydrogens is 394 g/mol. The molecule has 1 saturated heterocycles. The van der Waals surface area contributed by atoms with Crippen LogP contribution in [0.2, 0.25) is 0 Å². The summed E-state index contributed by atoms with van der Waals surface area (Å²) < 4.78 is 5.34. The topological polar surface area (TPSA) is 93.4 Å². The van der Waals surface area contributed by atoms with Crippen molar-refractivity contribution >= 4 is 45.0 Å². The molecule has 0 atom stereocenters. The first-order valence-electron chi connectivity index (χ1n) is 9.98. The number of amides is 1. The van der Waals surface area contributed by atoms with E-state index < -0.39 is 0 Å². The van der Waals surface area contributed by atoms with E-state index in [1.807, 2.05) is 0 Å². The first kappa shape index (κ1) is 19.9. The third-order valence-corrected chi connectivity index (χ3v) is 7.26. The summed E-state index contributed by atoms with van der Waals surface area (Å²) in [4.78, 5) is 26.0. The van der Waals surface area contributed by atoms with Crippen molar-refractivity contribution in [3.05, 3.63) is 10.4 Å². The van der Waals surface area contributed by atoms with Crippen molar-refractivity contribution in [3.8, 4) is 0 Å². The van der Waals surface area contributed by atoms with Gasteiger partial charge in [0.15, 0.2) is 5.16 Å². The zero-order valence-corrected chi connectivity index (χ0v) is 17.7. The predicted octanol–water partition coefficient (Wildman–Crippen LogP) is 2.08. The Morgan fingerprint density at radius 2 is 2.07 bits per heavy atom. The molecule has 4 rings (SSSR count). The predicted molar refractivity (Wildman–Crippen MR) is 114 cm³/mol. The van der Waals surface area contributed by atoms with Crippen LogP contribution in [0.15, 0.2) is 5.16 Å². The van der Waals surface area contributed by atoms with Crippen molar-refractivity contribution in [2.75, 3.05) is 50.9 Å². The van der Waals surface area contributed by atoms with Crippen LogP contribution in [-0.2, 0) is 22.4 Å². The molecule has 0 aromatic carbocycles. The van der Waals surface area contributed by atoms with Crippen LogP contribution >= 0.6 is 23.1 Å². The number of anilines is 1. The fourth-order valence-corrected chi connectivity index (χ4v) is 5.77. The number of carbonyl (C=O) groups excluding carboxylic acids is 1. The van der Waals surface area contributed by atoms with Crippen molar-refractivity contribution in [1.82, 2.24) is 20.2 Å². The largest absolute Gasteiger partial charge is 0.383 e. The van der Waals surface area contributed by atoms with E-state index in [0.717, 1.165) is 62.3 Å². The molecule has 0 spiro atoms. The number of aryl methyl sites for hydroxylation is 2. The number of aromatic nitrogens is 2. The van der Waals surface area contributed by atoms with Crippen molar-refractivity contribution in [2.24, 2.45) is 0 Å². The van der Waals surface area contributed by atoms with Gasteiger partial charge in [-0.3, -0.25) is 9.69 Å². The van der Waals surface area contributed by atoms with Crippen molar-refractivity contribution in [2.45, 2.75) is 37.3 Å². The minimum atomic E-state index is 0.0136. The summed E-state index contributed by atoms with van der Waals surface area (Å²) in [5.74, 6) is 0.880. The van der Waals surface area contributed by atoms with Gasteiger partial charge in [0, 0.05) is 24.5 Å². The van der Waals surface area contributed by atoms with Gasteiger partial charge in [-0.15, -0.1) is 11.3 Å². The number of nitrogens with one attached hydrogen (secondary N) is 1. The Balaban J connectivity index is 1.26. The highest BCUT2D eigenvalue weighted by Crippen LogP contribution is 2.38. The molecular formula is C19H27N5O2S2. The zero-order valence-electron chi connectivity index (χ0n) is 16.0. The average molecular weight is 422 g/mol. The summed E-state index contributed by atoms with van der Waals surface area (Å²) in [5.41, 5.74) is 7.57. The Morgan fingerprint density at radius 3 is 2.93 bits per heavy atom. The summed E-state index contributed by atoms with van der Waals surface area (Å²) in [7, 11) is 0. The number of fused-ring (bicyclic) bond motifs is 3. The Bertz CT molecular complexity index is 835. The molecule has 28 heavy (non-hydrogen) atoms. The highest BCUT2D eigenvalue weighted by atomic mass is 32.2. The Morgan fingerprint density at radius 1 is 1.25 bits per heavy atom. The molecule has 152 valence electrons. The van der Waals surface area contributed by atoms with E-state index in [0.29, 0.717) is 23.3 Å². The molecule has 9 heteroatoms. The summed E-state index contributed by atoms with van der Waals surface area (Å²) >= 11 is 3.09. The lowest BCUT2D eigenvalue weighted by atomic mass is 9.97. The van der Waals surface area contributed by atoms with Crippen LogP contribution < -0.4 is 11.1 Å². The standard InChI is InChI=1S/C19H27N5O2S2/c20-17-16-13-4-1-2-5-14(13)28-18(16)23-19(22-17)27-12-15(25)21-6-3-7-24-8-10-26-11-9-24/h1-12H2,(H,21,25)(H2,20,22,23). The van der Waals surface area contributed by atoms with Gasteiger partial charge in [0.2, 0.25) is 5.91 Å². The van der Waals surface area contributed by atoms with Gasteiger partial charge in [0.25, 0.3) is 0 Å². The lowest BCUT2D eigenvalue weighted by Gasteiger charge is -2.26. The summed E-state index contributed by atoms with van der Waals surface area (Å²) in [5, 5.41) is 4.61. The van der Waals surface area contributed by atoms with Crippen molar-refractivity contribution in [3.63, 3.8) is 0 Å². The van der Waals surface area contributed by atoms with E-state index in [2.05, 4.69) is 20.2 Å². The number of carbonyl (C=O) groups is 1. The smallest absolute Gasteiger partial charge is 0.230 e. The number of morpholine rings is 1. The number of thioether (sulfide) groups is 1. The highest BCUT2D eigenvalue weighted by Gasteiger charge is 2.20. The van der Waals surface area contributed by atoms with Gasteiger partial charge in [-0.25, -0.2) is 9.97 Å². The molecule has 0 radical (unpaired) electrons. The number of hydrogen-bond donors (Lipinski definition) is 2. The lowest BCUT2D eigenvalue weighted by Crippen LogP contribution is -2.38. The van der Waals surface area contributed by atoms with E-state index >= 15 is 0 Å². The van der Waals surface area contributed by atoms with Gasteiger partial charge < -0.3 is 15.8 Å². The molecule has 2 aromatic rings. The first-order chi connectivity index (χ1) is 13.7. The lowest BCUT2D eigenvalue weighted by molar-refractivity contribution is -0.118. The monoisotopic (exact) mass is 421 g/mol. The van der Waals surface area contributed by atoms with Crippen LogP contribution in [0, 0.1) is 0 Å². The Hall–Kier alpha value is -1.42. The van der Waals surface area contributed by atoms with Crippen LogP contribution in [0.5, 0.6) is 0 Å². The van der Waals surface area contributed by atoms with E-state index in [4.69, 9.17) is 10.5 Å². The number of rotatable bonds is 7. The van der Waals surface area contributed by atoms with E-state index in [1.54, 1.807) is 11.3 Å². The second-order valence-electron chi connectivity index (χ2n) is 7.23. The fourth-order valence-electron chi connectivity index (χ4n) is 3.77. The SMILES string of the molecule is Nc1nc(SCC(=O)NCCCN2CCOCC2)nc2sc3c(c12)CCCC3. The molecule has 1 aliphatic carbocycles. The number of thiophene rings is 1. The number of nitrogen functional groups attached to an aromatic ring is 1. The van der Waals surface area contributed by atoms with Gasteiger partial charge >= 0.3 is 0 Å². The number of ether oxygens (including phenoxy) is 1. The highest BCUT2D eigenvalue weighted by molar-refractivity contribution is 7.99. The van der Waals surface area contributed by atoms with Crippen LogP contribution in [-0.4, -0.2) is 65.9 Å². The second kappa shape index (κ2) is 9.39. The Kier molecular flexibility index (Phi) is 6.66. The van der Waals surface area contributed by atoms with Crippen LogP contribution in [0.3, 0.4) is 0 Å². The molecule has 3 heterocycles. The molecule has 7 nitrogen and oxygen atoms in total. The molecule has 3 N–H and O–H groups in total. The minimum absolute atomic E-state index is 0.0136. The maximum atomic E-state index is 12.1. The summed E-state index contributed by atoms with van der Waals surface area (Å²) in [6.07, 6.45) is 5.58. The van der Waals surface area contributed by atoms with Crippen LogP contribution in [0.1, 0.15) is 29.7 Å². The molecule has 0 bridgehead atoms. The van der Waals surface area contributed by atoms with Gasteiger partial charge in [0.1, 0.15) is 10.6 Å². The average Bonchev–Trinajstić information content (AvgIpc) is 3.09. The van der Waals surface area contributed by atoms with Gasteiger partial charge in [-0.2, -0.15) is 0 Å². The van der Waals surface area contributed by atoms with Crippen molar-refractivity contribution < 1.29 is 9.53 Å². The number of nitrogens with zero attached hydrogens (tertiary/aromatic N) is 3. The van der Waals surface area contributed by atoms with E-state index in [-0.39, 0.29) is 5.91 Å². The summed E-state index contributed by atoms with van der Waals surface area (Å²) in [6.45, 7) is 5.27. The molecule has 0 unspecified atom stereocenters. The van der Waals surface area contributed by atoms with Crippen LogP contribution in [0.4, 0.5) is 5.82 Å². The van der Waals surface area contributed by atoms with Gasteiger partial charge in [-0.1, -0.05) is 11.8 Å². The maximum absolute atomic E-state index is 12.1. The first-order valence-corrected chi connectivity index (χ1v) is 11.8. The van der Waals surface area contributed by atoms with E-state index in [9.17, 15) is 4.79 Å². The zero-order chi connectivity index (χ0) is 19.3.